The zero-order valence-corrected chi connectivity index (χ0v) is 12.1. The first-order valence-corrected chi connectivity index (χ1v) is 6.63. The summed E-state index contributed by atoms with van der Waals surface area (Å²) >= 11 is 0. The molecule has 0 aliphatic heterocycles. The second kappa shape index (κ2) is 6.21. The van der Waals surface area contributed by atoms with Crippen LogP contribution in [-0.4, -0.2) is 15.4 Å². The lowest BCUT2D eigenvalue weighted by molar-refractivity contribution is -0.385. The van der Waals surface area contributed by atoms with Gasteiger partial charge in [0.1, 0.15) is 6.04 Å². The van der Waals surface area contributed by atoms with Crippen molar-refractivity contribution in [1.82, 2.24) is 4.57 Å². The van der Waals surface area contributed by atoms with Gasteiger partial charge in [-0.1, -0.05) is 18.2 Å². The van der Waals surface area contributed by atoms with Gasteiger partial charge in [0.25, 0.3) is 11.2 Å². The molecule has 7 nitrogen and oxygen atoms in total. The number of hydrogen-bond acceptors (Lipinski definition) is 4. The lowest BCUT2D eigenvalue weighted by atomic mass is 10.2. The first kappa shape index (κ1) is 15.4. The molecular weight excluding hydrogens is 286 g/mol. The van der Waals surface area contributed by atoms with Crippen LogP contribution in [0.4, 0.5) is 11.4 Å². The van der Waals surface area contributed by atoms with Crippen LogP contribution in [-0.2, 0) is 4.79 Å². The molecule has 2 rings (SSSR count). The minimum Gasteiger partial charge on any atom is -0.324 e. The lowest BCUT2D eigenvalue weighted by Gasteiger charge is -2.15. The van der Waals surface area contributed by atoms with Gasteiger partial charge in [0, 0.05) is 17.3 Å². The van der Waals surface area contributed by atoms with E-state index < -0.39 is 22.4 Å². The number of aromatic nitrogens is 1. The van der Waals surface area contributed by atoms with Crippen LogP contribution in [0.5, 0.6) is 0 Å². The fourth-order valence-corrected chi connectivity index (χ4v) is 2.01. The highest BCUT2D eigenvalue weighted by molar-refractivity contribution is 5.93. The van der Waals surface area contributed by atoms with Crippen molar-refractivity contribution in [3.63, 3.8) is 0 Å². The number of carbonyl (C=O) groups is 1. The Labute approximate surface area is 126 Å². The minimum atomic E-state index is -0.869. The van der Waals surface area contributed by atoms with Crippen molar-refractivity contribution in [1.29, 1.82) is 0 Å². The molecule has 1 aromatic carbocycles. The summed E-state index contributed by atoms with van der Waals surface area (Å²) in [6.45, 7) is 3.00. The van der Waals surface area contributed by atoms with E-state index in [0.717, 1.165) is 10.8 Å². The number of aryl methyl sites for hydroxylation is 1. The van der Waals surface area contributed by atoms with Crippen molar-refractivity contribution in [2.45, 2.75) is 19.9 Å². The van der Waals surface area contributed by atoms with Crippen molar-refractivity contribution < 1.29 is 9.72 Å². The number of carbonyl (C=O) groups excluding carboxylic acids is 1. The number of pyridine rings is 1. The van der Waals surface area contributed by atoms with E-state index >= 15 is 0 Å². The van der Waals surface area contributed by atoms with Crippen molar-refractivity contribution in [3.05, 3.63) is 68.6 Å². The van der Waals surface area contributed by atoms with E-state index in [2.05, 4.69) is 5.32 Å². The summed E-state index contributed by atoms with van der Waals surface area (Å²) in [6.07, 6.45) is 1.09. The van der Waals surface area contributed by atoms with Crippen molar-refractivity contribution >= 4 is 17.3 Å². The molecule has 0 saturated carbocycles. The molecule has 22 heavy (non-hydrogen) atoms. The first-order valence-electron chi connectivity index (χ1n) is 6.63. The highest BCUT2D eigenvalue weighted by Gasteiger charge is 2.20. The number of para-hydroxylation sites is 1. The smallest absolute Gasteiger partial charge is 0.286 e. The summed E-state index contributed by atoms with van der Waals surface area (Å²) in [5, 5.41) is 13.6. The van der Waals surface area contributed by atoms with E-state index in [9.17, 15) is 19.7 Å². The van der Waals surface area contributed by atoms with Crippen molar-refractivity contribution in [3.8, 4) is 0 Å². The summed E-state index contributed by atoms with van der Waals surface area (Å²) < 4.78 is 1.08. The Kier molecular flexibility index (Phi) is 4.36. The van der Waals surface area contributed by atoms with Gasteiger partial charge in [-0.2, -0.15) is 0 Å². The largest absolute Gasteiger partial charge is 0.324 e. The third-order valence-corrected chi connectivity index (χ3v) is 3.26. The number of rotatable bonds is 4. The molecule has 1 amide bonds. The molecule has 0 saturated heterocycles. The zero-order chi connectivity index (χ0) is 16.3. The lowest BCUT2D eigenvalue weighted by Crippen LogP contribution is -2.32. The summed E-state index contributed by atoms with van der Waals surface area (Å²) in [7, 11) is 0. The van der Waals surface area contributed by atoms with Crippen LogP contribution < -0.4 is 10.9 Å². The molecule has 0 spiro atoms. The molecule has 114 valence electrons. The van der Waals surface area contributed by atoms with Gasteiger partial charge in [-0.3, -0.25) is 24.3 Å². The highest BCUT2D eigenvalue weighted by atomic mass is 16.6. The Morgan fingerprint density at radius 3 is 2.55 bits per heavy atom. The summed E-state index contributed by atoms with van der Waals surface area (Å²) in [4.78, 5) is 34.6. The van der Waals surface area contributed by atoms with Crippen LogP contribution in [0.25, 0.3) is 0 Å². The topological polar surface area (TPSA) is 94.2 Å². The number of anilines is 1. The molecule has 0 fully saturated rings. The van der Waals surface area contributed by atoms with Crippen molar-refractivity contribution in [2.24, 2.45) is 0 Å². The Morgan fingerprint density at radius 2 is 1.95 bits per heavy atom. The Bertz CT molecular complexity index is 768. The van der Waals surface area contributed by atoms with Gasteiger partial charge < -0.3 is 5.32 Å². The maximum atomic E-state index is 12.2. The summed E-state index contributed by atoms with van der Waals surface area (Å²) in [6, 6.07) is 9.10. The van der Waals surface area contributed by atoms with E-state index in [0.29, 0.717) is 5.69 Å². The number of nitrogens with zero attached hydrogens (tertiary/aromatic N) is 2. The van der Waals surface area contributed by atoms with E-state index in [-0.39, 0.29) is 11.3 Å². The number of nitro groups is 1. The fourth-order valence-electron chi connectivity index (χ4n) is 2.01. The molecule has 7 heteroatoms. The fraction of sp³-hybridized carbons (Fsp3) is 0.200. The van der Waals surface area contributed by atoms with Crippen LogP contribution in [0.15, 0.2) is 47.4 Å². The quantitative estimate of drug-likeness (QED) is 0.692. The van der Waals surface area contributed by atoms with Gasteiger partial charge >= 0.3 is 0 Å². The van der Waals surface area contributed by atoms with Gasteiger partial charge in [-0.05, 0) is 26.0 Å². The monoisotopic (exact) mass is 301 g/mol. The van der Waals surface area contributed by atoms with Crippen LogP contribution in [0.3, 0.4) is 0 Å². The normalized spacial score (nSPS) is 11.7. The van der Waals surface area contributed by atoms with Gasteiger partial charge in [0.2, 0.25) is 5.91 Å². The molecule has 1 aromatic heterocycles. The van der Waals surface area contributed by atoms with E-state index in [1.807, 2.05) is 6.07 Å². The second-order valence-electron chi connectivity index (χ2n) is 4.88. The number of amides is 1. The van der Waals surface area contributed by atoms with E-state index in [1.54, 1.807) is 24.3 Å². The second-order valence-corrected chi connectivity index (χ2v) is 4.88. The van der Waals surface area contributed by atoms with Gasteiger partial charge in [-0.15, -0.1) is 0 Å². The zero-order valence-electron chi connectivity index (χ0n) is 12.1. The molecule has 0 aliphatic carbocycles. The minimum absolute atomic E-state index is 0.216. The standard InChI is InChI=1S/C15H15N3O4/c1-10-8-13(18(21)22)9-17(15(10)20)11(2)14(19)16-12-6-4-3-5-7-12/h3-9,11H,1-2H3,(H,16,19). The molecule has 0 radical (unpaired) electrons. The average Bonchev–Trinajstić information content (AvgIpc) is 2.50. The molecule has 1 heterocycles. The van der Waals surface area contributed by atoms with Crippen LogP contribution >= 0.6 is 0 Å². The molecule has 2 aromatic rings. The Balaban J connectivity index is 2.32. The van der Waals surface area contributed by atoms with Crippen LogP contribution in [0.2, 0.25) is 0 Å². The van der Waals surface area contributed by atoms with E-state index in [4.69, 9.17) is 0 Å². The molecular formula is C15H15N3O4. The number of hydrogen-bond donors (Lipinski definition) is 1. The van der Waals surface area contributed by atoms with Gasteiger partial charge in [-0.25, -0.2) is 0 Å². The maximum Gasteiger partial charge on any atom is 0.286 e. The molecule has 1 N–H and O–H groups in total. The van der Waals surface area contributed by atoms with E-state index in [1.165, 1.54) is 19.9 Å². The van der Waals surface area contributed by atoms with Gasteiger partial charge in [0.15, 0.2) is 0 Å². The van der Waals surface area contributed by atoms with Crippen LogP contribution in [0, 0.1) is 17.0 Å². The summed E-state index contributed by atoms with van der Waals surface area (Å²) in [5.41, 5.74) is 0.154. The number of nitrogens with one attached hydrogen (secondary N) is 1. The third kappa shape index (κ3) is 3.20. The number of benzene rings is 1. The Morgan fingerprint density at radius 1 is 1.32 bits per heavy atom. The average molecular weight is 301 g/mol. The highest BCUT2D eigenvalue weighted by Crippen LogP contribution is 2.15. The molecule has 0 bridgehead atoms. The summed E-state index contributed by atoms with van der Waals surface area (Å²) in [5.74, 6) is -0.423. The van der Waals surface area contributed by atoms with Crippen LogP contribution in [0.1, 0.15) is 18.5 Å². The Hall–Kier alpha value is -2.96. The SMILES string of the molecule is Cc1cc([N+](=O)[O-])cn(C(C)C(=O)Nc2ccccc2)c1=O. The third-order valence-electron chi connectivity index (χ3n) is 3.26. The predicted molar refractivity (Wildman–Crippen MR) is 81.9 cm³/mol. The predicted octanol–water partition coefficient (Wildman–Crippen LogP) is 2.26. The molecule has 0 aliphatic rings. The van der Waals surface area contributed by atoms with Gasteiger partial charge in [0.05, 0.1) is 11.1 Å². The maximum absolute atomic E-state index is 12.2. The molecule has 1 unspecified atom stereocenters. The van der Waals surface area contributed by atoms with Crippen molar-refractivity contribution in [2.75, 3.05) is 5.32 Å². The first-order chi connectivity index (χ1) is 10.4. The molecule has 1 atom stereocenters.